The highest BCUT2D eigenvalue weighted by atomic mass is 35.5. The van der Waals surface area contributed by atoms with E-state index in [0.29, 0.717) is 32.9 Å². The summed E-state index contributed by atoms with van der Waals surface area (Å²) in [6, 6.07) is 5.02. The van der Waals surface area contributed by atoms with Gasteiger partial charge in [-0.15, -0.1) is 0 Å². The second kappa shape index (κ2) is 4.52. The van der Waals surface area contributed by atoms with Crippen LogP contribution in [0.15, 0.2) is 24.4 Å². The van der Waals surface area contributed by atoms with Gasteiger partial charge in [-0.1, -0.05) is 23.2 Å². The Morgan fingerprint density at radius 3 is 2.53 bits per heavy atom. The van der Waals surface area contributed by atoms with Crippen LogP contribution in [0.2, 0.25) is 10.0 Å². The zero-order valence-corrected chi connectivity index (χ0v) is 10.8. The van der Waals surface area contributed by atoms with Gasteiger partial charge in [0.05, 0.1) is 17.4 Å². The van der Waals surface area contributed by atoms with Crippen molar-refractivity contribution in [1.29, 1.82) is 0 Å². The maximum atomic E-state index is 6.01. The number of aromatic nitrogens is 6. The first-order valence-corrected chi connectivity index (χ1v) is 5.90. The number of tetrazole rings is 1. The van der Waals surface area contributed by atoms with Crippen molar-refractivity contribution in [3.63, 3.8) is 0 Å². The second-order valence-corrected chi connectivity index (χ2v) is 4.56. The zero-order chi connectivity index (χ0) is 13.4. The summed E-state index contributed by atoms with van der Waals surface area (Å²) >= 11 is 11.9. The summed E-state index contributed by atoms with van der Waals surface area (Å²) in [5.74, 6) is 0.671. The molecule has 0 spiro atoms. The molecule has 2 N–H and O–H groups in total. The van der Waals surface area contributed by atoms with Gasteiger partial charge in [0.1, 0.15) is 5.82 Å². The number of nitrogen functional groups attached to an aromatic ring is 1. The fourth-order valence-corrected chi connectivity index (χ4v) is 2.16. The van der Waals surface area contributed by atoms with Gasteiger partial charge in [-0.3, -0.25) is 10.3 Å². The van der Waals surface area contributed by atoms with Crippen LogP contribution >= 0.6 is 23.2 Å². The Hall–Kier alpha value is -2.12. The Morgan fingerprint density at radius 2 is 1.89 bits per heavy atom. The van der Waals surface area contributed by atoms with E-state index in [1.807, 2.05) is 0 Å². The molecule has 0 aliphatic heterocycles. The fraction of sp³-hybridized carbons (Fsp3) is 0. The smallest absolute Gasteiger partial charge is 0.135 e. The molecule has 3 rings (SSSR count). The summed E-state index contributed by atoms with van der Waals surface area (Å²) in [5, 5.41) is 19.4. The first-order valence-electron chi connectivity index (χ1n) is 5.14. The van der Waals surface area contributed by atoms with Crippen molar-refractivity contribution >= 4 is 29.0 Å². The van der Waals surface area contributed by atoms with E-state index in [2.05, 4.69) is 25.7 Å². The van der Waals surface area contributed by atoms with Gasteiger partial charge < -0.3 is 10.8 Å². The van der Waals surface area contributed by atoms with Crippen LogP contribution in [0.3, 0.4) is 0 Å². The van der Waals surface area contributed by atoms with Crippen molar-refractivity contribution in [2.75, 3.05) is 5.73 Å². The summed E-state index contributed by atoms with van der Waals surface area (Å²) in [5.41, 5.74) is 7.20. The van der Waals surface area contributed by atoms with Crippen molar-refractivity contribution in [2.24, 2.45) is 0 Å². The van der Waals surface area contributed by atoms with Crippen molar-refractivity contribution in [1.82, 2.24) is 30.4 Å². The van der Waals surface area contributed by atoms with Crippen molar-refractivity contribution in [2.45, 2.75) is 0 Å². The average molecular weight is 295 g/mol. The lowest BCUT2D eigenvalue weighted by atomic mass is 10.3. The van der Waals surface area contributed by atoms with E-state index in [4.69, 9.17) is 28.9 Å². The SMILES string of the molecule is Nc1c(-c2nnn[n-]2)cnn1-c1cc(Cl)cc(Cl)c1. The van der Waals surface area contributed by atoms with Crippen LogP contribution < -0.4 is 10.8 Å². The van der Waals surface area contributed by atoms with Gasteiger partial charge in [-0.2, -0.15) is 10.3 Å². The molecule has 0 fully saturated rings. The molecule has 9 heteroatoms. The third-order valence-electron chi connectivity index (χ3n) is 2.46. The van der Waals surface area contributed by atoms with Crippen LogP contribution in [0, 0.1) is 0 Å². The summed E-state index contributed by atoms with van der Waals surface area (Å²) in [4.78, 5) is 0. The standard InChI is InChI=1S/C10H6Cl2N7/c11-5-1-6(12)3-7(2-5)19-9(13)8(4-14-19)10-15-17-18-16-10/h1-4H,13H2/q-1. The number of rotatable bonds is 2. The van der Waals surface area contributed by atoms with Crippen molar-refractivity contribution in [3.8, 4) is 17.1 Å². The van der Waals surface area contributed by atoms with Gasteiger partial charge in [-0.05, 0) is 18.2 Å². The molecule has 0 radical (unpaired) electrons. The van der Waals surface area contributed by atoms with E-state index in [1.165, 1.54) is 10.9 Å². The first-order chi connectivity index (χ1) is 9.15. The number of hydrogen-bond acceptors (Lipinski definition) is 5. The number of benzene rings is 1. The Kier molecular flexibility index (Phi) is 2.84. The number of anilines is 1. The lowest BCUT2D eigenvalue weighted by molar-refractivity contribution is 0.871. The van der Waals surface area contributed by atoms with Crippen LogP contribution in [0.25, 0.3) is 17.1 Å². The predicted molar refractivity (Wildman–Crippen MR) is 70.1 cm³/mol. The van der Waals surface area contributed by atoms with Gasteiger partial charge in [-0.25, -0.2) is 4.68 Å². The largest absolute Gasteiger partial charge is 0.383 e. The van der Waals surface area contributed by atoms with E-state index in [9.17, 15) is 0 Å². The molecule has 0 bridgehead atoms. The van der Waals surface area contributed by atoms with Gasteiger partial charge in [0.2, 0.25) is 0 Å². The third-order valence-corrected chi connectivity index (χ3v) is 2.89. The Bertz CT molecular complexity index is 699. The number of hydrogen-bond donors (Lipinski definition) is 1. The maximum absolute atomic E-state index is 6.01. The molecule has 0 atom stereocenters. The van der Waals surface area contributed by atoms with Gasteiger partial charge in [0.15, 0.2) is 0 Å². The molecule has 0 saturated carbocycles. The molecule has 2 heterocycles. The van der Waals surface area contributed by atoms with Crippen LogP contribution in [-0.2, 0) is 0 Å². The average Bonchev–Trinajstić information content (AvgIpc) is 2.96. The lowest BCUT2D eigenvalue weighted by Gasteiger charge is -2.06. The van der Waals surface area contributed by atoms with Crippen LogP contribution in [0.4, 0.5) is 5.82 Å². The molecule has 0 amide bonds. The topological polar surface area (TPSA) is 96.6 Å². The first kappa shape index (κ1) is 11.9. The third kappa shape index (κ3) is 2.13. The van der Waals surface area contributed by atoms with Gasteiger partial charge >= 0.3 is 0 Å². The number of nitrogens with two attached hydrogens (primary N) is 1. The molecular formula is C10H6Cl2N7-. The van der Waals surface area contributed by atoms with Crippen LogP contribution in [0.1, 0.15) is 0 Å². The quantitative estimate of drug-likeness (QED) is 0.770. The zero-order valence-electron chi connectivity index (χ0n) is 9.33. The molecule has 0 aliphatic carbocycles. The molecule has 0 aliphatic rings. The summed E-state index contributed by atoms with van der Waals surface area (Å²) in [6.45, 7) is 0. The summed E-state index contributed by atoms with van der Waals surface area (Å²) in [6.07, 6.45) is 1.53. The number of halogens is 2. The molecule has 0 saturated heterocycles. The van der Waals surface area contributed by atoms with Gasteiger partial charge in [0, 0.05) is 15.9 Å². The normalized spacial score (nSPS) is 10.8. The molecular weight excluding hydrogens is 289 g/mol. The summed E-state index contributed by atoms with van der Waals surface area (Å²) in [7, 11) is 0. The van der Waals surface area contributed by atoms with Crippen LogP contribution in [-0.4, -0.2) is 25.3 Å². The second-order valence-electron chi connectivity index (χ2n) is 3.69. The monoisotopic (exact) mass is 294 g/mol. The molecule has 19 heavy (non-hydrogen) atoms. The predicted octanol–water partition coefficient (Wildman–Crippen LogP) is 1.57. The molecule has 1 aromatic carbocycles. The van der Waals surface area contributed by atoms with E-state index in [0.717, 1.165) is 0 Å². The van der Waals surface area contributed by atoms with E-state index in [-0.39, 0.29) is 0 Å². The Balaban J connectivity index is 2.12. The lowest BCUT2D eigenvalue weighted by Crippen LogP contribution is -2.02. The van der Waals surface area contributed by atoms with Crippen molar-refractivity contribution < 1.29 is 0 Å². The van der Waals surface area contributed by atoms with Gasteiger partial charge in [0.25, 0.3) is 0 Å². The molecule has 3 aromatic rings. The minimum atomic E-state index is 0.317. The highest BCUT2D eigenvalue weighted by Gasteiger charge is 2.11. The van der Waals surface area contributed by atoms with Crippen molar-refractivity contribution in [3.05, 3.63) is 34.4 Å². The highest BCUT2D eigenvalue weighted by Crippen LogP contribution is 2.27. The molecule has 96 valence electrons. The summed E-state index contributed by atoms with van der Waals surface area (Å²) < 4.78 is 1.49. The van der Waals surface area contributed by atoms with E-state index in [1.54, 1.807) is 18.2 Å². The Labute approximate surface area is 117 Å². The van der Waals surface area contributed by atoms with Crippen LogP contribution in [0.5, 0.6) is 0 Å². The number of nitrogens with zero attached hydrogens (tertiary/aromatic N) is 6. The minimum Gasteiger partial charge on any atom is -0.383 e. The molecule has 0 unspecified atom stereocenters. The van der Waals surface area contributed by atoms with E-state index < -0.39 is 0 Å². The Morgan fingerprint density at radius 1 is 1.16 bits per heavy atom. The minimum absolute atomic E-state index is 0.317. The fourth-order valence-electron chi connectivity index (χ4n) is 1.65. The highest BCUT2D eigenvalue weighted by molar-refractivity contribution is 6.34. The molecule has 7 nitrogen and oxygen atoms in total. The molecule has 2 aromatic heterocycles. The van der Waals surface area contributed by atoms with E-state index >= 15 is 0 Å². The maximum Gasteiger partial charge on any atom is 0.135 e.